The number of hydrogen-bond donors (Lipinski definition) is 2. The zero-order valence-corrected chi connectivity index (χ0v) is 15.6. The van der Waals surface area contributed by atoms with E-state index in [1.807, 2.05) is 0 Å². The second kappa shape index (κ2) is 8.37. The van der Waals surface area contributed by atoms with Gasteiger partial charge < -0.3 is 5.11 Å². The van der Waals surface area contributed by atoms with Crippen molar-refractivity contribution in [1.29, 1.82) is 0 Å². The first-order valence-electron chi connectivity index (χ1n) is 7.92. The van der Waals surface area contributed by atoms with Crippen LogP contribution in [-0.2, 0) is 0 Å². The number of amides is 1. The van der Waals surface area contributed by atoms with Crippen LogP contribution in [0, 0.1) is 11.6 Å². The molecule has 0 aliphatic rings. The summed E-state index contributed by atoms with van der Waals surface area (Å²) in [7, 11) is 0. The van der Waals surface area contributed by atoms with E-state index in [0.717, 1.165) is 12.1 Å². The van der Waals surface area contributed by atoms with E-state index in [-0.39, 0.29) is 16.9 Å². The average Bonchev–Trinajstić information content (AvgIpc) is 2.65. The van der Waals surface area contributed by atoms with Crippen molar-refractivity contribution < 1.29 is 18.7 Å². The predicted molar refractivity (Wildman–Crippen MR) is 105 cm³/mol. The lowest BCUT2D eigenvalue weighted by molar-refractivity contribution is 0.0952. The molecule has 0 aromatic heterocycles. The molecule has 0 saturated heterocycles. The van der Waals surface area contributed by atoms with Crippen LogP contribution in [0.2, 0.25) is 10.0 Å². The van der Waals surface area contributed by atoms with E-state index in [1.54, 1.807) is 18.2 Å². The zero-order chi connectivity index (χ0) is 20.3. The molecule has 0 aliphatic carbocycles. The zero-order valence-electron chi connectivity index (χ0n) is 14.1. The van der Waals surface area contributed by atoms with Crippen LogP contribution in [0.3, 0.4) is 0 Å². The van der Waals surface area contributed by atoms with E-state index < -0.39 is 17.5 Å². The molecule has 0 saturated carbocycles. The van der Waals surface area contributed by atoms with Crippen molar-refractivity contribution in [1.82, 2.24) is 5.43 Å². The monoisotopic (exact) mass is 420 g/mol. The van der Waals surface area contributed by atoms with Crippen molar-refractivity contribution in [3.63, 3.8) is 0 Å². The van der Waals surface area contributed by atoms with Gasteiger partial charge in [0.15, 0.2) is 0 Å². The molecule has 0 atom stereocenters. The number of nitrogens with one attached hydrogen (secondary N) is 1. The molecule has 0 radical (unpaired) electrons. The molecule has 0 spiro atoms. The number of carbonyl (C=O) groups excluding carboxylic acids is 1. The van der Waals surface area contributed by atoms with Crippen molar-refractivity contribution in [2.75, 3.05) is 0 Å². The largest absolute Gasteiger partial charge is 0.507 e. The van der Waals surface area contributed by atoms with E-state index in [9.17, 15) is 18.7 Å². The molecule has 3 aromatic rings. The summed E-state index contributed by atoms with van der Waals surface area (Å²) >= 11 is 11.7. The molecular formula is C20H12Cl2F2N2O2. The van der Waals surface area contributed by atoms with E-state index in [4.69, 9.17) is 23.2 Å². The van der Waals surface area contributed by atoms with Gasteiger partial charge in [-0.25, -0.2) is 14.2 Å². The van der Waals surface area contributed by atoms with Gasteiger partial charge in [0.05, 0.1) is 21.8 Å². The number of halogens is 4. The van der Waals surface area contributed by atoms with Crippen molar-refractivity contribution in [2.24, 2.45) is 5.10 Å². The van der Waals surface area contributed by atoms with E-state index >= 15 is 0 Å². The van der Waals surface area contributed by atoms with Gasteiger partial charge in [0, 0.05) is 11.6 Å². The fourth-order valence-electron chi connectivity index (χ4n) is 2.43. The lowest BCUT2D eigenvalue weighted by Crippen LogP contribution is -2.17. The van der Waals surface area contributed by atoms with Gasteiger partial charge >= 0.3 is 0 Å². The van der Waals surface area contributed by atoms with Crippen LogP contribution in [-0.4, -0.2) is 17.2 Å². The highest BCUT2D eigenvalue weighted by Crippen LogP contribution is 2.28. The third-order valence-corrected chi connectivity index (χ3v) is 4.55. The molecule has 8 heteroatoms. The van der Waals surface area contributed by atoms with Crippen molar-refractivity contribution in [3.05, 3.63) is 87.4 Å². The van der Waals surface area contributed by atoms with Crippen molar-refractivity contribution in [2.45, 2.75) is 0 Å². The summed E-state index contributed by atoms with van der Waals surface area (Å²) < 4.78 is 27.1. The number of carbonyl (C=O) groups is 1. The maximum Gasteiger partial charge on any atom is 0.275 e. The Balaban J connectivity index is 1.81. The Morgan fingerprint density at radius 2 is 1.79 bits per heavy atom. The third-order valence-electron chi connectivity index (χ3n) is 3.81. The van der Waals surface area contributed by atoms with Crippen LogP contribution in [0.5, 0.6) is 5.75 Å². The summed E-state index contributed by atoms with van der Waals surface area (Å²) in [4.78, 5) is 12.3. The van der Waals surface area contributed by atoms with Gasteiger partial charge in [0.1, 0.15) is 17.4 Å². The number of rotatable bonds is 4. The number of benzene rings is 3. The van der Waals surface area contributed by atoms with Crippen molar-refractivity contribution in [3.8, 4) is 16.9 Å². The molecule has 2 N–H and O–H groups in total. The summed E-state index contributed by atoms with van der Waals surface area (Å²) in [5.74, 6) is -2.52. The highest BCUT2D eigenvalue weighted by molar-refractivity contribution is 6.42. The SMILES string of the molecule is O=C(NN=Cc1ccc(Cl)c(Cl)c1)c1cc(-c2ccc(F)cc2F)ccc1O. The molecule has 0 fully saturated rings. The topological polar surface area (TPSA) is 61.7 Å². The number of phenolic OH excluding ortho intramolecular Hbond substituents is 1. The van der Waals surface area contributed by atoms with Gasteiger partial charge in [0.25, 0.3) is 5.91 Å². The van der Waals surface area contributed by atoms with Crippen LogP contribution < -0.4 is 5.43 Å². The maximum atomic E-state index is 14.0. The Bertz CT molecular complexity index is 1090. The average molecular weight is 421 g/mol. The number of hydrazone groups is 1. The quantitative estimate of drug-likeness (QED) is 0.437. The second-order valence-electron chi connectivity index (χ2n) is 5.73. The summed E-state index contributed by atoms with van der Waals surface area (Å²) in [6, 6.07) is 11.8. The lowest BCUT2D eigenvalue weighted by atomic mass is 10.0. The minimum atomic E-state index is -0.783. The van der Waals surface area contributed by atoms with Gasteiger partial charge in [0.2, 0.25) is 0 Å². The number of phenols is 1. The van der Waals surface area contributed by atoms with Crippen LogP contribution in [0.25, 0.3) is 11.1 Å². The number of hydrogen-bond acceptors (Lipinski definition) is 3. The first kappa shape index (κ1) is 19.8. The lowest BCUT2D eigenvalue weighted by Gasteiger charge is -2.08. The number of aromatic hydroxyl groups is 1. The predicted octanol–water partition coefficient (Wildman–Crippen LogP) is 5.41. The Hall–Kier alpha value is -2.96. The summed E-state index contributed by atoms with van der Waals surface area (Å²) in [5.41, 5.74) is 3.14. The van der Waals surface area contributed by atoms with E-state index in [2.05, 4.69) is 10.5 Å². The minimum Gasteiger partial charge on any atom is -0.507 e. The first-order valence-corrected chi connectivity index (χ1v) is 8.67. The fraction of sp³-hybridized carbons (Fsp3) is 0. The molecule has 0 bridgehead atoms. The van der Waals surface area contributed by atoms with Gasteiger partial charge in [-0.05, 0) is 47.5 Å². The second-order valence-corrected chi connectivity index (χ2v) is 6.54. The highest BCUT2D eigenvalue weighted by atomic mass is 35.5. The molecule has 3 rings (SSSR count). The Morgan fingerprint density at radius 3 is 2.50 bits per heavy atom. The molecule has 0 unspecified atom stereocenters. The molecule has 0 heterocycles. The van der Waals surface area contributed by atoms with Gasteiger partial charge in [-0.15, -0.1) is 0 Å². The Morgan fingerprint density at radius 1 is 1.00 bits per heavy atom. The summed E-state index contributed by atoms with van der Waals surface area (Å²) in [6.45, 7) is 0. The molecule has 142 valence electrons. The smallest absolute Gasteiger partial charge is 0.275 e. The van der Waals surface area contributed by atoms with Gasteiger partial charge in [-0.3, -0.25) is 4.79 Å². The Labute approximate surface area is 169 Å². The standard InChI is InChI=1S/C20H12Cl2F2N2O2/c21-16-5-1-11(7-17(16)22)10-25-26-20(28)15-8-12(2-6-19(15)27)14-4-3-13(23)9-18(14)24/h1-10,27H,(H,26,28). The van der Waals surface area contributed by atoms with Gasteiger partial charge in [-0.1, -0.05) is 35.3 Å². The molecular weight excluding hydrogens is 409 g/mol. The normalized spacial score (nSPS) is 11.0. The number of nitrogens with zero attached hydrogens (tertiary/aromatic N) is 1. The fourth-order valence-corrected chi connectivity index (χ4v) is 2.73. The van der Waals surface area contributed by atoms with E-state index in [1.165, 1.54) is 30.5 Å². The highest BCUT2D eigenvalue weighted by Gasteiger charge is 2.14. The summed E-state index contributed by atoms with van der Waals surface area (Å²) in [5, 5.41) is 14.5. The summed E-state index contributed by atoms with van der Waals surface area (Å²) in [6.07, 6.45) is 1.35. The minimum absolute atomic E-state index is 0.0924. The van der Waals surface area contributed by atoms with Crippen LogP contribution >= 0.6 is 23.2 Å². The Kier molecular flexibility index (Phi) is 5.92. The molecule has 0 aliphatic heterocycles. The molecule has 1 amide bonds. The van der Waals surface area contributed by atoms with Crippen LogP contribution in [0.4, 0.5) is 8.78 Å². The maximum absolute atomic E-state index is 14.0. The van der Waals surface area contributed by atoms with Crippen LogP contribution in [0.15, 0.2) is 59.7 Å². The first-order chi connectivity index (χ1) is 13.3. The molecule has 4 nitrogen and oxygen atoms in total. The van der Waals surface area contributed by atoms with Gasteiger partial charge in [-0.2, -0.15) is 5.10 Å². The molecule has 3 aromatic carbocycles. The molecule has 28 heavy (non-hydrogen) atoms. The van der Waals surface area contributed by atoms with Crippen LogP contribution in [0.1, 0.15) is 15.9 Å². The van der Waals surface area contributed by atoms with E-state index in [0.29, 0.717) is 21.2 Å². The third kappa shape index (κ3) is 4.47. The van der Waals surface area contributed by atoms with Crippen molar-refractivity contribution >= 4 is 35.3 Å².